The number of hydrogen-bond donors (Lipinski definition) is 2. The highest BCUT2D eigenvalue weighted by Gasteiger charge is 2.25. The molecule has 1 aliphatic carbocycles. The zero-order valence-corrected chi connectivity index (χ0v) is 11.6. The Morgan fingerprint density at radius 1 is 1.42 bits per heavy atom. The average molecular weight is 282 g/mol. The number of primary sulfonamides is 1. The number of carbonyl (C=O) groups is 1. The minimum absolute atomic E-state index is 0.0450. The van der Waals surface area contributed by atoms with E-state index in [9.17, 15) is 13.2 Å². The van der Waals surface area contributed by atoms with Crippen LogP contribution < -0.4 is 10.5 Å². The Morgan fingerprint density at radius 2 is 2.11 bits per heavy atom. The zero-order valence-electron chi connectivity index (χ0n) is 10.8. The first-order valence-corrected chi connectivity index (χ1v) is 7.86. The molecule has 1 unspecified atom stereocenters. The van der Waals surface area contributed by atoms with E-state index >= 15 is 0 Å². The largest absolute Gasteiger partial charge is 0.349 e. The van der Waals surface area contributed by atoms with Crippen LogP contribution in [0.4, 0.5) is 0 Å². The van der Waals surface area contributed by atoms with Gasteiger partial charge in [-0.2, -0.15) is 0 Å². The molecule has 0 aliphatic heterocycles. The van der Waals surface area contributed by atoms with Crippen molar-refractivity contribution in [3.8, 4) is 0 Å². The molecule has 0 spiro atoms. The Kier molecular flexibility index (Phi) is 3.91. The third-order valence-corrected chi connectivity index (χ3v) is 4.55. The summed E-state index contributed by atoms with van der Waals surface area (Å²) in [6.07, 6.45) is 3.49. The summed E-state index contributed by atoms with van der Waals surface area (Å²) in [4.78, 5) is 12.0. The van der Waals surface area contributed by atoms with Crippen molar-refractivity contribution in [2.24, 2.45) is 11.1 Å². The molecule has 0 radical (unpaired) electrons. The molecule has 1 aliphatic rings. The molecule has 3 N–H and O–H groups in total. The Morgan fingerprint density at radius 3 is 2.63 bits per heavy atom. The first-order valence-electron chi connectivity index (χ1n) is 6.31. The number of rotatable bonds is 4. The summed E-state index contributed by atoms with van der Waals surface area (Å²) in [7, 11) is -3.78. The molecule has 0 bridgehead atoms. The van der Waals surface area contributed by atoms with Crippen molar-refractivity contribution in [2.75, 3.05) is 0 Å². The highest BCUT2D eigenvalue weighted by molar-refractivity contribution is 7.89. The number of nitrogens with two attached hydrogens (primary N) is 1. The van der Waals surface area contributed by atoms with E-state index in [0.29, 0.717) is 11.5 Å². The molecular weight excluding hydrogens is 264 g/mol. The van der Waals surface area contributed by atoms with Crippen molar-refractivity contribution in [1.29, 1.82) is 0 Å². The molecule has 0 aromatic heterocycles. The molecule has 1 aromatic rings. The van der Waals surface area contributed by atoms with Crippen molar-refractivity contribution in [3.05, 3.63) is 29.8 Å². The molecule has 2 rings (SSSR count). The van der Waals surface area contributed by atoms with Crippen molar-refractivity contribution in [3.63, 3.8) is 0 Å². The fourth-order valence-corrected chi connectivity index (χ4v) is 2.72. The van der Waals surface area contributed by atoms with Gasteiger partial charge in [-0.1, -0.05) is 12.5 Å². The molecule has 104 valence electrons. The predicted octanol–water partition coefficient (Wildman–Crippen LogP) is 1.25. The maximum Gasteiger partial charge on any atom is 0.251 e. The minimum atomic E-state index is -3.78. The van der Waals surface area contributed by atoms with Crippen molar-refractivity contribution < 1.29 is 13.2 Å². The molecule has 6 heteroatoms. The first kappa shape index (κ1) is 14.0. The van der Waals surface area contributed by atoms with Gasteiger partial charge in [-0.25, -0.2) is 13.6 Å². The summed E-state index contributed by atoms with van der Waals surface area (Å²) in [6, 6.07) is 5.89. The van der Waals surface area contributed by atoms with Crippen LogP contribution in [-0.4, -0.2) is 20.4 Å². The quantitative estimate of drug-likeness (QED) is 0.871. The van der Waals surface area contributed by atoms with E-state index in [2.05, 4.69) is 5.32 Å². The zero-order chi connectivity index (χ0) is 14.0. The monoisotopic (exact) mass is 282 g/mol. The Balaban J connectivity index is 2.10. The third kappa shape index (κ3) is 3.33. The summed E-state index contributed by atoms with van der Waals surface area (Å²) >= 11 is 0. The van der Waals surface area contributed by atoms with E-state index in [0.717, 1.165) is 12.8 Å². The van der Waals surface area contributed by atoms with Crippen LogP contribution in [0.3, 0.4) is 0 Å². The van der Waals surface area contributed by atoms with E-state index in [4.69, 9.17) is 5.14 Å². The lowest BCUT2D eigenvalue weighted by Gasteiger charge is -2.31. The summed E-state index contributed by atoms with van der Waals surface area (Å²) < 4.78 is 22.5. The summed E-state index contributed by atoms with van der Waals surface area (Å²) in [5.74, 6) is 0.273. The van der Waals surface area contributed by atoms with Crippen LogP contribution in [0.15, 0.2) is 29.2 Å². The summed E-state index contributed by atoms with van der Waals surface area (Å²) in [5, 5.41) is 7.95. The third-order valence-electron chi connectivity index (χ3n) is 3.64. The highest BCUT2D eigenvalue weighted by atomic mass is 32.2. The molecule has 1 saturated carbocycles. The van der Waals surface area contributed by atoms with Gasteiger partial charge < -0.3 is 5.32 Å². The maximum absolute atomic E-state index is 12.0. The van der Waals surface area contributed by atoms with Crippen LogP contribution in [0, 0.1) is 5.92 Å². The van der Waals surface area contributed by atoms with Gasteiger partial charge in [-0.3, -0.25) is 4.79 Å². The normalized spacial score (nSPS) is 17.6. The fourth-order valence-electron chi connectivity index (χ4n) is 2.16. The van der Waals surface area contributed by atoms with E-state index in [-0.39, 0.29) is 16.8 Å². The number of carbonyl (C=O) groups excluding carboxylic acids is 1. The number of sulfonamides is 1. The van der Waals surface area contributed by atoms with Gasteiger partial charge in [-0.15, -0.1) is 0 Å². The van der Waals surface area contributed by atoms with Gasteiger partial charge in [0.05, 0.1) is 4.90 Å². The fraction of sp³-hybridized carbons (Fsp3) is 0.462. The Bertz CT molecular complexity index is 579. The lowest BCUT2D eigenvalue weighted by molar-refractivity contribution is 0.0909. The molecule has 19 heavy (non-hydrogen) atoms. The second kappa shape index (κ2) is 5.30. The van der Waals surface area contributed by atoms with Crippen molar-refractivity contribution in [2.45, 2.75) is 37.1 Å². The Labute approximate surface area is 113 Å². The van der Waals surface area contributed by atoms with E-state index in [1.807, 2.05) is 6.92 Å². The number of benzene rings is 1. The molecule has 5 nitrogen and oxygen atoms in total. The van der Waals surface area contributed by atoms with E-state index in [1.165, 1.54) is 24.6 Å². The molecular formula is C13H18N2O3S. The second-order valence-electron chi connectivity index (χ2n) is 5.03. The minimum Gasteiger partial charge on any atom is -0.349 e. The first-order chi connectivity index (χ1) is 8.88. The SMILES string of the molecule is CC(NC(=O)c1cccc(S(N)(=O)=O)c1)C1CCC1. The molecule has 1 aromatic carbocycles. The van der Waals surface area contributed by atoms with Gasteiger partial charge in [0, 0.05) is 11.6 Å². The van der Waals surface area contributed by atoms with Gasteiger partial charge in [0.1, 0.15) is 0 Å². The van der Waals surface area contributed by atoms with Crippen LogP contribution in [0.5, 0.6) is 0 Å². The second-order valence-corrected chi connectivity index (χ2v) is 6.59. The van der Waals surface area contributed by atoms with Gasteiger partial charge in [0.25, 0.3) is 5.91 Å². The number of nitrogens with one attached hydrogen (secondary N) is 1. The van der Waals surface area contributed by atoms with Gasteiger partial charge >= 0.3 is 0 Å². The van der Waals surface area contributed by atoms with Crippen molar-refractivity contribution in [1.82, 2.24) is 5.32 Å². The molecule has 1 fully saturated rings. The highest BCUT2D eigenvalue weighted by Crippen LogP contribution is 2.29. The summed E-state index contributed by atoms with van der Waals surface area (Å²) in [5.41, 5.74) is 0.317. The van der Waals surface area contributed by atoms with Gasteiger partial charge in [0.15, 0.2) is 0 Å². The summed E-state index contributed by atoms with van der Waals surface area (Å²) in [6.45, 7) is 1.98. The van der Waals surface area contributed by atoms with Crippen molar-refractivity contribution >= 4 is 15.9 Å². The molecule has 0 heterocycles. The lowest BCUT2D eigenvalue weighted by Crippen LogP contribution is -2.40. The van der Waals surface area contributed by atoms with Gasteiger partial charge in [-0.05, 0) is 43.9 Å². The molecule has 1 amide bonds. The van der Waals surface area contributed by atoms with Crippen LogP contribution in [0.1, 0.15) is 36.5 Å². The average Bonchev–Trinajstić information content (AvgIpc) is 2.25. The Hall–Kier alpha value is -1.40. The van der Waals surface area contributed by atoms with Crippen LogP contribution in [-0.2, 0) is 10.0 Å². The van der Waals surface area contributed by atoms with Crippen LogP contribution in [0.2, 0.25) is 0 Å². The topological polar surface area (TPSA) is 89.3 Å². The lowest BCUT2D eigenvalue weighted by atomic mass is 9.80. The van der Waals surface area contributed by atoms with E-state index in [1.54, 1.807) is 6.07 Å². The molecule has 1 atom stereocenters. The van der Waals surface area contributed by atoms with E-state index < -0.39 is 10.0 Å². The number of amides is 1. The predicted molar refractivity (Wildman–Crippen MR) is 72.1 cm³/mol. The smallest absolute Gasteiger partial charge is 0.251 e. The standard InChI is InChI=1S/C13H18N2O3S/c1-9(10-4-2-5-10)15-13(16)11-6-3-7-12(8-11)19(14,17)18/h3,6-10H,2,4-5H2,1H3,(H,15,16)(H2,14,17,18). The van der Waals surface area contributed by atoms with Gasteiger partial charge in [0.2, 0.25) is 10.0 Å². The maximum atomic E-state index is 12.0. The van der Waals surface area contributed by atoms with Crippen LogP contribution in [0.25, 0.3) is 0 Å². The molecule has 0 saturated heterocycles. The van der Waals surface area contributed by atoms with Crippen LogP contribution >= 0.6 is 0 Å². The number of hydrogen-bond acceptors (Lipinski definition) is 3.